The Morgan fingerprint density at radius 1 is 1.06 bits per heavy atom. The molecule has 168 valence electrons. The number of carbonyl (C=O) groups is 1. The van der Waals surface area contributed by atoms with Gasteiger partial charge in [-0.05, 0) is 60.5 Å². The minimum atomic E-state index is -0.0834. The Bertz CT molecular complexity index is 1070. The van der Waals surface area contributed by atoms with Gasteiger partial charge in [0.1, 0.15) is 23.9 Å². The lowest BCUT2D eigenvalue weighted by Gasteiger charge is -2.34. The van der Waals surface area contributed by atoms with Crippen LogP contribution in [-0.2, 0) is 13.2 Å². The van der Waals surface area contributed by atoms with Gasteiger partial charge < -0.3 is 18.8 Å². The number of ether oxygens (including phenoxy) is 2. The SMILES string of the molecule is COc1cccc(CN2CCN(C(=O)c3ccc(COc4ccc(Cl)cc4C)o3)CC2)c1. The molecule has 1 aromatic heterocycles. The van der Waals surface area contributed by atoms with Gasteiger partial charge in [0.25, 0.3) is 5.91 Å². The molecule has 1 saturated heterocycles. The normalized spacial score (nSPS) is 14.4. The van der Waals surface area contributed by atoms with E-state index in [1.165, 1.54) is 5.56 Å². The van der Waals surface area contributed by atoms with Crippen LogP contribution in [0.4, 0.5) is 0 Å². The van der Waals surface area contributed by atoms with Crippen molar-refractivity contribution in [2.24, 2.45) is 0 Å². The predicted octanol–water partition coefficient (Wildman–Crippen LogP) is 4.79. The smallest absolute Gasteiger partial charge is 0.289 e. The van der Waals surface area contributed by atoms with E-state index in [4.69, 9.17) is 25.5 Å². The van der Waals surface area contributed by atoms with E-state index in [1.807, 2.05) is 36.1 Å². The van der Waals surface area contributed by atoms with Crippen molar-refractivity contribution in [2.75, 3.05) is 33.3 Å². The monoisotopic (exact) mass is 454 g/mol. The molecule has 1 amide bonds. The average molecular weight is 455 g/mol. The number of amides is 1. The summed E-state index contributed by atoms with van der Waals surface area (Å²) >= 11 is 5.98. The summed E-state index contributed by atoms with van der Waals surface area (Å²) in [6.45, 7) is 5.99. The minimum Gasteiger partial charge on any atom is -0.497 e. The number of furan rings is 1. The Labute approximate surface area is 193 Å². The summed E-state index contributed by atoms with van der Waals surface area (Å²) in [7, 11) is 1.67. The van der Waals surface area contributed by atoms with Crippen LogP contribution in [0.1, 0.15) is 27.4 Å². The van der Waals surface area contributed by atoms with Gasteiger partial charge in [0.15, 0.2) is 5.76 Å². The summed E-state index contributed by atoms with van der Waals surface area (Å²) < 4.78 is 16.9. The van der Waals surface area contributed by atoms with Crippen molar-refractivity contribution in [1.29, 1.82) is 0 Å². The molecule has 3 aromatic rings. The van der Waals surface area contributed by atoms with Crippen molar-refractivity contribution in [3.05, 3.63) is 82.3 Å². The highest BCUT2D eigenvalue weighted by Crippen LogP contribution is 2.23. The molecule has 0 spiro atoms. The quantitative estimate of drug-likeness (QED) is 0.514. The van der Waals surface area contributed by atoms with Gasteiger partial charge in [-0.1, -0.05) is 23.7 Å². The molecule has 0 bridgehead atoms. The highest BCUT2D eigenvalue weighted by Gasteiger charge is 2.24. The first-order valence-corrected chi connectivity index (χ1v) is 11.0. The van der Waals surface area contributed by atoms with Gasteiger partial charge in [0.05, 0.1) is 7.11 Å². The summed E-state index contributed by atoms with van der Waals surface area (Å²) in [5, 5.41) is 0.671. The lowest BCUT2D eigenvalue weighted by Crippen LogP contribution is -2.48. The van der Waals surface area contributed by atoms with Gasteiger partial charge in [0, 0.05) is 37.7 Å². The Hall–Kier alpha value is -2.96. The van der Waals surface area contributed by atoms with Gasteiger partial charge in [0.2, 0.25) is 0 Å². The van der Waals surface area contributed by atoms with Crippen molar-refractivity contribution in [3.8, 4) is 11.5 Å². The molecule has 0 unspecified atom stereocenters. The zero-order valence-corrected chi connectivity index (χ0v) is 19.1. The maximum Gasteiger partial charge on any atom is 0.289 e. The van der Waals surface area contributed by atoms with Crippen LogP contribution in [0.2, 0.25) is 5.02 Å². The minimum absolute atomic E-state index is 0.0834. The molecule has 0 atom stereocenters. The Morgan fingerprint density at radius 3 is 2.62 bits per heavy atom. The van der Waals surface area contributed by atoms with Gasteiger partial charge in [-0.2, -0.15) is 0 Å². The van der Waals surface area contributed by atoms with Crippen LogP contribution in [-0.4, -0.2) is 49.0 Å². The van der Waals surface area contributed by atoms with Crippen molar-refractivity contribution in [3.63, 3.8) is 0 Å². The molecular formula is C25H27ClN2O4. The lowest BCUT2D eigenvalue weighted by atomic mass is 10.2. The van der Waals surface area contributed by atoms with E-state index in [0.717, 1.165) is 36.7 Å². The topological polar surface area (TPSA) is 55.2 Å². The summed E-state index contributed by atoms with van der Waals surface area (Å²) in [5.41, 5.74) is 2.16. The number of piperazine rings is 1. The number of benzene rings is 2. The molecule has 1 aliphatic heterocycles. The number of methoxy groups -OCH3 is 1. The van der Waals surface area contributed by atoms with Crippen LogP contribution in [0.5, 0.6) is 11.5 Å². The lowest BCUT2D eigenvalue weighted by molar-refractivity contribution is 0.0594. The van der Waals surface area contributed by atoms with E-state index in [1.54, 1.807) is 25.3 Å². The molecule has 4 rings (SSSR count). The molecule has 2 aromatic carbocycles. The highest BCUT2D eigenvalue weighted by molar-refractivity contribution is 6.30. The zero-order valence-electron chi connectivity index (χ0n) is 18.3. The summed E-state index contributed by atoms with van der Waals surface area (Å²) in [4.78, 5) is 17.1. The van der Waals surface area contributed by atoms with Crippen molar-refractivity contribution in [1.82, 2.24) is 9.80 Å². The fourth-order valence-electron chi connectivity index (χ4n) is 3.79. The van der Waals surface area contributed by atoms with Gasteiger partial charge in [-0.15, -0.1) is 0 Å². The average Bonchev–Trinajstić information content (AvgIpc) is 3.28. The number of halogens is 1. The summed E-state index contributed by atoms with van der Waals surface area (Å²) in [6.07, 6.45) is 0. The second-order valence-electron chi connectivity index (χ2n) is 7.88. The van der Waals surface area contributed by atoms with Crippen molar-refractivity contribution in [2.45, 2.75) is 20.1 Å². The predicted molar refractivity (Wildman–Crippen MR) is 123 cm³/mol. The molecular weight excluding hydrogens is 428 g/mol. The largest absolute Gasteiger partial charge is 0.497 e. The second kappa shape index (κ2) is 10.1. The van der Waals surface area contributed by atoms with E-state index in [9.17, 15) is 4.79 Å². The molecule has 1 fully saturated rings. The van der Waals surface area contributed by atoms with Gasteiger partial charge in [-0.3, -0.25) is 9.69 Å². The molecule has 0 aliphatic carbocycles. The maximum absolute atomic E-state index is 12.9. The van der Waals surface area contributed by atoms with Gasteiger partial charge in [-0.25, -0.2) is 0 Å². The first-order valence-electron chi connectivity index (χ1n) is 10.6. The summed E-state index contributed by atoms with van der Waals surface area (Å²) in [6, 6.07) is 17.1. The number of aryl methyl sites for hydroxylation is 1. The standard InChI is InChI=1S/C25H27ClN2O4/c1-18-14-20(26)6-8-23(18)31-17-22-7-9-24(32-22)25(29)28-12-10-27(11-13-28)16-19-4-3-5-21(15-19)30-2/h3-9,14-15H,10-13,16-17H2,1-2H3. The van der Waals surface area contributed by atoms with E-state index in [0.29, 0.717) is 29.6 Å². The zero-order chi connectivity index (χ0) is 22.5. The van der Waals surface area contributed by atoms with Crippen LogP contribution in [0.25, 0.3) is 0 Å². The fraction of sp³-hybridized carbons (Fsp3) is 0.320. The number of hydrogen-bond donors (Lipinski definition) is 0. The Morgan fingerprint density at radius 2 is 1.88 bits per heavy atom. The summed E-state index contributed by atoms with van der Waals surface area (Å²) in [5.74, 6) is 2.47. The fourth-order valence-corrected chi connectivity index (χ4v) is 4.01. The third-order valence-electron chi connectivity index (χ3n) is 5.58. The molecule has 1 aliphatic rings. The second-order valence-corrected chi connectivity index (χ2v) is 8.32. The molecule has 2 heterocycles. The molecule has 6 nitrogen and oxygen atoms in total. The number of nitrogens with zero attached hydrogens (tertiary/aromatic N) is 2. The van der Waals surface area contributed by atoms with Crippen LogP contribution in [0.15, 0.2) is 59.0 Å². The third kappa shape index (κ3) is 5.44. The number of carbonyl (C=O) groups excluding carboxylic acids is 1. The van der Waals surface area contributed by atoms with E-state index >= 15 is 0 Å². The number of rotatable bonds is 7. The Kier molecular flexibility index (Phi) is 7.02. The first-order chi connectivity index (χ1) is 15.5. The van der Waals surface area contributed by atoms with Crippen LogP contribution < -0.4 is 9.47 Å². The van der Waals surface area contributed by atoms with Crippen LogP contribution in [0, 0.1) is 6.92 Å². The molecule has 7 heteroatoms. The van der Waals surface area contributed by atoms with Gasteiger partial charge >= 0.3 is 0 Å². The van der Waals surface area contributed by atoms with E-state index < -0.39 is 0 Å². The number of hydrogen-bond acceptors (Lipinski definition) is 5. The molecule has 0 saturated carbocycles. The molecule has 0 N–H and O–H groups in total. The highest BCUT2D eigenvalue weighted by atomic mass is 35.5. The van der Waals surface area contributed by atoms with E-state index in [-0.39, 0.29) is 12.5 Å². The maximum atomic E-state index is 12.9. The first kappa shape index (κ1) is 22.2. The molecule has 0 radical (unpaired) electrons. The third-order valence-corrected chi connectivity index (χ3v) is 5.81. The van der Waals surface area contributed by atoms with Crippen LogP contribution >= 0.6 is 11.6 Å². The molecule has 32 heavy (non-hydrogen) atoms. The van der Waals surface area contributed by atoms with Crippen molar-refractivity contribution >= 4 is 17.5 Å². The van der Waals surface area contributed by atoms with E-state index in [2.05, 4.69) is 17.0 Å². The Balaban J connectivity index is 1.28. The van der Waals surface area contributed by atoms with Crippen LogP contribution in [0.3, 0.4) is 0 Å². The van der Waals surface area contributed by atoms with Crippen molar-refractivity contribution < 1.29 is 18.7 Å².